The lowest BCUT2D eigenvalue weighted by Crippen LogP contribution is -2.25. The van der Waals surface area contributed by atoms with Crippen molar-refractivity contribution in [3.8, 4) is 0 Å². The molecule has 0 saturated heterocycles. The Morgan fingerprint density at radius 3 is 2.67 bits per heavy atom. The highest BCUT2D eigenvalue weighted by molar-refractivity contribution is 7.97. The third-order valence-electron chi connectivity index (χ3n) is 2.01. The molecule has 70 valence electrons. The van der Waals surface area contributed by atoms with Crippen LogP contribution in [0.15, 0.2) is 0 Å². The van der Waals surface area contributed by atoms with E-state index in [4.69, 9.17) is 4.74 Å². The summed E-state index contributed by atoms with van der Waals surface area (Å²) in [4.78, 5) is 11.0. The van der Waals surface area contributed by atoms with Crippen LogP contribution >= 0.6 is 11.9 Å². The predicted octanol–water partition coefficient (Wildman–Crippen LogP) is 2.32. The zero-order chi connectivity index (χ0) is 8.81. The van der Waals surface area contributed by atoms with Crippen LogP contribution in [0.25, 0.3) is 0 Å². The molecule has 1 saturated carbocycles. The van der Waals surface area contributed by atoms with Gasteiger partial charge in [-0.3, -0.25) is 4.72 Å². The van der Waals surface area contributed by atoms with Crippen LogP contribution in [-0.4, -0.2) is 18.5 Å². The molecule has 0 aliphatic heterocycles. The summed E-state index contributed by atoms with van der Waals surface area (Å²) in [5, 5.41) is 0. The maximum atomic E-state index is 11.0. The Bertz CT molecular complexity index is 146. The SMILES string of the molecule is CSNC(=O)OC1CCCCC1. The Hall–Kier alpha value is -0.380. The van der Waals surface area contributed by atoms with E-state index in [1.165, 1.54) is 31.2 Å². The van der Waals surface area contributed by atoms with Gasteiger partial charge in [0, 0.05) is 6.26 Å². The Balaban J connectivity index is 2.15. The van der Waals surface area contributed by atoms with E-state index in [0.717, 1.165) is 12.8 Å². The van der Waals surface area contributed by atoms with Gasteiger partial charge in [0.1, 0.15) is 6.10 Å². The van der Waals surface area contributed by atoms with E-state index in [1.54, 1.807) is 0 Å². The Labute approximate surface area is 77.4 Å². The van der Waals surface area contributed by atoms with Crippen LogP contribution < -0.4 is 4.72 Å². The van der Waals surface area contributed by atoms with E-state index >= 15 is 0 Å². The minimum Gasteiger partial charge on any atom is -0.446 e. The molecule has 3 nitrogen and oxygen atoms in total. The lowest BCUT2D eigenvalue weighted by molar-refractivity contribution is 0.0803. The molecule has 1 N–H and O–H groups in total. The zero-order valence-electron chi connectivity index (χ0n) is 7.34. The molecule has 12 heavy (non-hydrogen) atoms. The van der Waals surface area contributed by atoms with Gasteiger partial charge in [0.25, 0.3) is 0 Å². The van der Waals surface area contributed by atoms with E-state index in [2.05, 4.69) is 4.72 Å². The second-order valence-corrected chi connectivity index (χ2v) is 3.58. The van der Waals surface area contributed by atoms with Crippen LogP contribution in [-0.2, 0) is 4.74 Å². The summed E-state index contributed by atoms with van der Waals surface area (Å²) in [6, 6.07) is 0. The average molecular weight is 189 g/mol. The summed E-state index contributed by atoms with van der Waals surface area (Å²) in [6.45, 7) is 0. The number of rotatable bonds is 2. The molecule has 0 aromatic heterocycles. The van der Waals surface area contributed by atoms with Gasteiger partial charge in [0.2, 0.25) is 0 Å². The smallest absolute Gasteiger partial charge is 0.417 e. The molecule has 0 unspecified atom stereocenters. The quantitative estimate of drug-likeness (QED) is 0.677. The molecule has 0 bridgehead atoms. The van der Waals surface area contributed by atoms with Gasteiger partial charge in [-0.1, -0.05) is 18.4 Å². The van der Waals surface area contributed by atoms with Gasteiger partial charge in [-0.05, 0) is 25.7 Å². The molecule has 1 amide bonds. The van der Waals surface area contributed by atoms with Crippen molar-refractivity contribution >= 4 is 18.0 Å². The van der Waals surface area contributed by atoms with E-state index < -0.39 is 0 Å². The van der Waals surface area contributed by atoms with Gasteiger partial charge < -0.3 is 4.74 Å². The average Bonchev–Trinajstić information content (AvgIpc) is 2.06. The molecule has 1 aliphatic rings. The molecule has 0 aromatic carbocycles. The first kappa shape index (κ1) is 9.71. The largest absolute Gasteiger partial charge is 0.446 e. The lowest BCUT2D eigenvalue weighted by atomic mass is 9.98. The second-order valence-electron chi connectivity index (χ2n) is 2.97. The van der Waals surface area contributed by atoms with Crippen LogP contribution in [0.4, 0.5) is 4.79 Å². The monoisotopic (exact) mass is 189 g/mol. The Morgan fingerprint density at radius 2 is 2.08 bits per heavy atom. The van der Waals surface area contributed by atoms with E-state index in [9.17, 15) is 4.79 Å². The molecular formula is C8H15NO2S. The first-order valence-corrected chi connectivity index (χ1v) is 5.55. The van der Waals surface area contributed by atoms with Gasteiger partial charge in [-0.2, -0.15) is 0 Å². The van der Waals surface area contributed by atoms with Gasteiger partial charge in [-0.15, -0.1) is 0 Å². The summed E-state index contributed by atoms with van der Waals surface area (Å²) in [5.41, 5.74) is 0. The van der Waals surface area contributed by atoms with Crippen molar-refractivity contribution in [1.82, 2.24) is 4.72 Å². The number of hydrogen-bond acceptors (Lipinski definition) is 3. The molecule has 1 aliphatic carbocycles. The second kappa shape index (κ2) is 5.30. The maximum Gasteiger partial charge on any atom is 0.417 e. The van der Waals surface area contributed by atoms with Gasteiger partial charge in [0.15, 0.2) is 0 Å². The Morgan fingerprint density at radius 1 is 1.42 bits per heavy atom. The van der Waals surface area contributed by atoms with Crippen LogP contribution in [0.3, 0.4) is 0 Å². The molecule has 0 aromatic rings. The van der Waals surface area contributed by atoms with Crippen molar-refractivity contribution in [3.63, 3.8) is 0 Å². The van der Waals surface area contributed by atoms with E-state index in [-0.39, 0.29) is 12.2 Å². The van der Waals surface area contributed by atoms with Crippen molar-refractivity contribution in [2.75, 3.05) is 6.26 Å². The number of amides is 1. The first-order valence-electron chi connectivity index (χ1n) is 4.32. The van der Waals surface area contributed by atoms with Crippen LogP contribution in [0.5, 0.6) is 0 Å². The molecule has 0 radical (unpaired) electrons. The predicted molar refractivity (Wildman–Crippen MR) is 50.0 cm³/mol. The number of hydrogen-bond donors (Lipinski definition) is 1. The standard InChI is InChI=1S/C8H15NO2S/c1-12-9-8(10)11-7-5-3-2-4-6-7/h7H,2-6H2,1H3,(H,9,10). The topological polar surface area (TPSA) is 38.3 Å². The van der Waals surface area contributed by atoms with Crippen molar-refractivity contribution in [1.29, 1.82) is 0 Å². The van der Waals surface area contributed by atoms with Crippen molar-refractivity contribution in [2.45, 2.75) is 38.2 Å². The summed E-state index contributed by atoms with van der Waals surface area (Å²) < 4.78 is 7.71. The summed E-state index contributed by atoms with van der Waals surface area (Å²) >= 11 is 1.27. The fourth-order valence-corrected chi connectivity index (χ4v) is 1.66. The van der Waals surface area contributed by atoms with Crippen LogP contribution in [0, 0.1) is 0 Å². The van der Waals surface area contributed by atoms with Gasteiger partial charge in [0.05, 0.1) is 0 Å². The number of ether oxygens (including phenoxy) is 1. The highest BCUT2D eigenvalue weighted by Gasteiger charge is 2.16. The van der Waals surface area contributed by atoms with Crippen molar-refractivity contribution in [2.24, 2.45) is 0 Å². The first-order chi connectivity index (χ1) is 5.83. The third-order valence-corrected chi connectivity index (χ3v) is 2.38. The molecule has 0 spiro atoms. The fourth-order valence-electron chi connectivity index (χ4n) is 1.44. The van der Waals surface area contributed by atoms with Gasteiger partial charge in [-0.25, -0.2) is 4.79 Å². The van der Waals surface area contributed by atoms with Gasteiger partial charge >= 0.3 is 6.09 Å². The maximum absolute atomic E-state index is 11.0. The highest BCUT2D eigenvalue weighted by atomic mass is 32.2. The van der Waals surface area contributed by atoms with Crippen molar-refractivity contribution < 1.29 is 9.53 Å². The summed E-state index contributed by atoms with van der Waals surface area (Å²) in [7, 11) is 0. The fraction of sp³-hybridized carbons (Fsp3) is 0.875. The molecular weight excluding hydrogens is 174 g/mol. The molecule has 4 heteroatoms. The number of carbonyl (C=O) groups excluding carboxylic acids is 1. The third kappa shape index (κ3) is 3.34. The lowest BCUT2D eigenvalue weighted by Gasteiger charge is -2.21. The van der Waals surface area contributed by atoms with Crippen LogP contribution in [0.2, 0.25) is 0 Å². The van der Waals surface area contributed by atoms with E-state index in [0.29, 0.717) is 0 Å². The normalized spacial score (nSPS) is 18.8. The number of nitrogens with one attached hydrogen (secondary N) is 1. The van der Waals surface area contributed by atoms with E-state index in [1.807, 2.05) is 6.26 Å². The summed E-state index contributed by atoms with van der Waals surface area (Å²) in [5.74, 6) is 0. The van der Waals surface area contributed by atoms with Crippen LogP contribution in [0.1, 0.15) is 32.1 Å². The molecule has 0 heterocycles. The van der Waals surface area contributed by atoms with Crippen molar-refractivity contribution in [3.05, 3.63) is 0 Å². The minimum absolute atomic E-state index is 0.158. The highest BCUT2D eigenvalue weighted by Crippen LogP contribution is 2.20. The summed E-state index contributed by atoms with van der Waals surface area (Å²) in [6.07, 6.45) is 7.39. The molecule has 1 fully saturated rings. The Kier molecular flexibility index (Phi) is 4.29. The molecule has 1 rings (SSSR count). The number of carbonyl (C=O) groups is 1. The molecule has 0 atom stereocenters. The zero-order valence-corrected chi connectivity index (χ0v) is 8.15. The minimum atomic E-state index is -0.297.